The molecule has 0 saturated carbocycles. The number of anilines is 1. The van der Waals surface area contributed by atoms with Crippen LogP contribution in [0.15, 0.2) is 29.8 Å². The van der Waals surface area contributed by atoms with Crippen LogP contribution in [-0.2, 0) is 14.9 Å². The number of hydrogen-bond donors (Lipinski definition) is 1. The van der Waals surface area contributed by atoms with Crippen molar-refractivity contribution in [3.8, 4) is 5.75 Å². The van der Waals surface area contributed by atoms with Crippen LogP contribution in [0.1, 0.15) is 18.4 Å². The minimum absolute atomic E-state index is 0.0577. The Morgan fingerprint density at radius 3 is 2.64 bits per heavy atom. The minimum atomic E-state index is -0.601. The van der Waals surface area contributed by atoms with Gasteiger partial charge in [-0.2, -0.15) is 0 Å². The summed E-state index contributed by atoms with van der Waals surface area (Å²) >= 11 is 1.31. The molecule has 1 fully saturated rings. The Balaban J connectivity index is 1.91. The van der Waals surface area contributed by atoms with E-state index in [4.69, 9.17) is 9.47 Å². The summed E-state index contributed by atoms with van der Waals surface area (Å²) < 4.78 is 10.6. The average Bonchev–Trinajstić information content (AvgIpc) is 3.08. The number of ether oxygens (including phenoxy) is 2. The molecule has 7 heteroatoms. The fourth-order valence-electron chi connectivity index (χ4n) is 2.72. The molecule has 0 aliphatic carbocycles. The Hall–Kier alpha value is -1.99. The van der Waals surface area contributed by atoms with Crippen LogP contribution in [0.25, 0.3) is 0 Å². The minimum Gasteiger partial charge on any atom is -0.497 e. The molecule has 3 rings (SSSR count). The van der Waals surface area contributed by atoms with Gasteiger partial charge in [0.25, 0.3) is 0 Å². The number of amides is 1. The molecule has 2 heterocycles. The van der Waals surface area contributed by atoms with Gasteiger partial charge in [0.05, 0.1) is 12.5 Å². The summed E-state index contributed by atoms with van der Waals surface area (Å²) in [6.07, 6.45) is 1.29. The van der Waals surface area contributed by atoms with Crippen molar-refractivity contribution < 1.29 is 14.3 Å². The Labute approximate surface area is 132 Å². The molecule has 1 aromatic carbocycles. The summed E-state index contributed by atoms with van der Waals surface area (Å²) in [5, 5.41) is 11.0. The highest BCUT2D eigenvalue weighted by Gasteiger charge is 2.42. The summed E-state index contributed by atoms with van der Waals surface area (Å²) in [4.78, 5) is 12.9. The number of methoxy groups -OCH3 is 1. The second-order valence-corrected chi connectivity index (χ2v) is 5.95. The van der Waals surface area contributed by atoms with Gasteiger partial charge in [0.1, 0.15) is 11.3 Å². The lowest BCUT2D eigenvalue weighted by Gasteiger charge is -2.36. The van der Waals surface area contributed by atoms with Crippen molar-refractivity contribution in [1.29, 1.82) is 0 Å². The number of nitrogens with one attached hydrogen (secondary N) is 1. The van der Waals surface area contributed by atoms with E-state index in [9.17, 15) is 4.79 Å². The van der Waals surface area contributed by atoms with Gasteiger partial charge in [-0.25, -0.2) is 0 Å². The second-order valence-electron chi connectivity index (χ2n) is 5.12. The molecule has 2 aromatic rings. The lowest BCUT2D eigenvalue weighted by Crippen LogP contribution is -2.44. The first kappa shape index (κ1) is 14.9. The highest BCUT2D eigenvalue weighted by Crippen LogP contribution is 2.37. The standard InChI is InChI=1S/C15H17N3O3S/c1-20-12-4-2-11(3-5-12)15(6-8-21-9-7-15)13(19)17-14-18-16-10-22-14/h2-5,10H,6-9H2,1H3,(H,17,18,19). The molecule has 1 aliphatic heterocycles. The molecule has 1 amide bonds. The van der Waals surface area contributed by atoms with E-state index in [0.717, 1.165) is 11.3 Å². The molecule has 1 aliphatic rings. The first-order chi connectivity index (χ1) is 10.7. The molecular formula is C15H17N3O3S. The Bertz CT molecular complexity index is 622. The van der Waals surface area contributed by atoms with Gasteiger partial charge in [-0.1, -0.05) is 23.5 Å². The number of hydrogen-bond acceptors (Lipinski definition) is 6. The van der Waals surface area contributed by atoms with E-state index in [2.05, 4.69) is 15.5 Å². The van der Waals surface area contributed by atoms with Crippen LogP contribution in [0.5, 0.6) is 5.75 Å². The second kappa shape index (κ2) is 6.41. The topological polar surface area (TPSA) is 73.3 Å². The van der Waals surface area contributed by atoms with E-state index >= 15 is 0 Å². The van der Waals surface area contributed by atoms with Crippen LogP contribution in [0.4, 0.5) is 5.13 Å². The average molecular weight is 319 g/mol. The van der Waals surface area contributed by atoms with E-state index in [-0.39, 0.29) is 5.91 Å². The maximum absolute atomic E-state index is 12.9. The number of nitrogens with zero attached hydrogens (tertiary/aromatic N) is 2. The predicted octanol–water partition coefficient (Wildman–Crippen LogP) is 2.23. The zero-order valence-electron chi connectivity index (χ0n) is 12.2. The zero-order chi connectivity index (χ0) is 15.4. The van der Waals surface area contributed by atoms with E-state index in [1.807, 2.05) is 24.3 Å². The number of benzene rings is 1. The van der Waals surface area contributed by atoms with Crippen molar-refractivity contribution >= 4 is 22.4 Å². The third-order valence-corrected chi connectivity index (χ3v) is 4.61. The van der Waals surface area contributed by atoms with E-state index in [0.29, 0.717) is 31.2 Å². The van der Waals surface area contributed by atoms with Gasteiger partial charge >= 0.3 is 0 Å². The fraction of sp³-hybridized carbons (Fsp3) is 0.400. The van der Waals surface area contributed by atoms with Crippen molar-refractivity contribution in [2.24, 2.45) is 0 Å². The Morgan fingerprint density at radius 1 is 1.32 bits per heavy atom. The lowest BCUT2D eigenvalue weighted by atomic mass is 9.73. The number of rotatable bonds is 4. The molecule has 0 spiro atoms. The quantitative estimate of drug-likeness (QED) is 0.935. The number of aromatic nitrogens is 2. The number of carbonyl (C=O) groups is 1. The first-order valence-corrected chi connectivity index (χ1v) is 7.92. The van der Waals surface area contributed by atoms with Gasteiger partial charge in [-0.15, -0.1) is 10.2 Å². The third-order valence-electron chi connectivity index (χ3n) is 4.00. The molecule has 1 aromatic heterocycles. The van der Waals surface area contributed by atoms with Crippen LogP contribution in [0.2, 0.25) is 0 Å². The van der Waals surface area contributed by atoms with Gasteiger partial charge < -0.3 is 9.47 Å². The maximum Gasteiger partial charge on any atom is 0.237 e. The third kappa shape index (κ3) is 2.82. The normalized spacial score (nSPS) is 17.0. The molecule has 0 atom stereocenters. The molecule has 0 unspecified atom stereocenters. The van der Waals surface area contributed by atoms with Gasteiger partial charge in [0, 0.05) is 13.2 Å². The van der Waals surface area contributed by atoms with Crippen molar-refractivity contribution in [3.05, 3.63) is 35.3 Å². The van der Waals surface area contributed by atoms with E-state index in [1.165, 1.54) is 11.3 Å². The fourth-order valence-corrected chi connectivity index (χ4v) is 3.16. The molecule has 0 radical (unpaired) electrons. The van der Waals surface area contributed by atoms with E-state index < -0.39 is 5.41 Å². The van der Waals surface area contributed by atoms with Crippen LogP contribution in [0, 0.1) is 0 Å². The highest BCUT2D eigenvalue weighted by atomic mass is 32.1. The summed E-state index contributed by atoms with van der Waals surface area (Å²) in [5.74, 6) is 0.716. The van der Waals surface area contributed by atoms with Crippen molar-refractivity contribution in [2.75, 3.05) is 25.6 Å². The number of carbonyl (C=O) groups excluding carboxylic acids is 1. The molecule has 22 heavy (non-hydrogen) atoms. The maximum atomic E-state index is 12.9. The molecule has 6 nitrogen and oxygen atoms in total. The first-order valence-electron chi connectivity index (χ1n) is 7.04. The monoisotopic (exact) mass is 319 g/mol. The van der Waals surface area contributed by atoms with Crippen LogP contribution >= 0.6 is 11.3 Å². The van der Waals surface area contributed by atoms with Crippen molar-refractivity contribution in [2.45, 2.75) is 18.3 Å². The zero-order valence-corrected chi connectivity index (χ0v) is 13.1. The van der Waals surface area contributed by atoms with Gasteiger partial charge in [0.15, 0.2) is 0 Å². The van der Waals surface area contributed by atoms with Crippen molar-refractivity contribution in [3.63, 3.8) is 0 Å². The smallest absolute Gasteiger partial charge is 0.237 e. The van der Waals surface area contributed by atoms with Gasteiger partial charge in [-0.05, 0) is 30.5 Å². The van der Waals surface area contributed by atoms with Gasteiger partial charge in [-0.3, -0.25) is 10.1 Å². The van der Waals surface area contributed by atoms with Crippen LogP contribution in [-0.4, -0.2) is 36.4 Å². The predicted molar refractivity (Wildman–Crippen MR) is 83.3 cm³/mol. The molecule has 116 valence electrons. The summed E-state index contributed by atoms with van der Waals surface area (Å²) in [5.41, 5.74) is 1.97. The highest BCUT2D eigenvalue weighted by molar-refractivity contribution is 7.13. The molecule has 0 bridgehead atoms. The lowest BCUT2D eigenvalue weighted by molar-refractivity contribution is -0.125. The van der Waals surface area contributed by atoms with Crippen molar-refractivity contribution in [1.82, 2.24) is 10.2 Å². The summed E-state index contributed by atoms with van der Waals surface area (Å²) in [6, 6.07) is 7.66. The molecule has 1 N–H and O–H groups in total. The van der Waals surface area contributed by atoms with Crippen LogP contribution < -0.4 is 10.1 Å². The Morgan fingerprint density at radius 2 is 2.05 bits per heavy atom. The SMILES string of the molecule is COc1ccc(C2(C(=O)Nc3nncs3)CCOCC2)cc1. The molecule has 1 saturated heterocycles. The summed E-state index contributed by atoms with van der Waals surface area (Å²) in [6.45, 7) is 1.13. The largest absolute Gasteiger partial charge is 0.497 e. The van der Waals surface area contributed by atoms with Gasteiger partial charge in [0.2, 0.25) is 11.0 Å². The van der Waals surface area contributed by atoms with Crippen LogP contribution in [0.3, 0.4) is 0 Å². The summed E-state index contributed by atoms with van der Waals surface area (Å²) in [7, 11) is 1.63. The van der Waals surface area contributed by atoms with E-state index in [1.54, 1.807) is 12.6 Å². The Kier molecular flexibility index (Phi) is 4.35. The molecular weight excluding hydrogens is 302 g/mol.